The molecule has 0 spiro atoms. The molecule has 146 valence electrons. The molecular weight excluding hydrogens is 354 g/mol. The minimum atomic E-state index is -0.480. The van der Waals surface area contributed by atoms with Crippen LogP contribution in [0.3, 0.4) is 0 Å². The number of hydrogen-bond donors (Lipinski definition) is 0. The van der Waals surface area contributed by atoms with Crippen molar-refractivity contribution in [2.24, 2.45) is 0 Å². The van der Waals surface area contributed by atoms with E-state index in [1.54, 1.807) is 4.68 Å². The van der Waals surface area contributed by atoms with Crippen LogP contribution in [0, 0.1) is 34.6 Å². The van der Waals surface area contributed by atoms with Crippen molar-refractivity contribution in [2.45, 2.75) is 41.2 Å². The van der Waals surface area contributed by atoms with Gasteiger partial charge in [0.2, 0.25) is 5.78 Å². The van der Waals surface area contributed by atoms with Crippen molar-refractivity contribution in [1.29, 1.82) is 0 Å². The van der Waals surface area contributed by atoms with Gasteiger partial charge in [0.05, 0.1) is 5.69 Å². The van der Waals surface area contributed by atoms with Gasteiger partial charge in [-0.25, -0.2) is 0 Å². The maximum atomic E-state index is 12.6. The van der Waals surface area contributed by atoms with E-state index in [2.05, 4.69) is 5.10 Å². The lowest BCUT2D eigenvalue weighted by Gasteiger charge is -2.10. The van der Waals surface area contributed by atoms with Gasteiger partial charge in [-0.1, -0.05) is 17.7 Å². The summed E-state index contributed by atoms with van der Waals surface area (Å²) < 4.78 is 8.80. The lowest BCUT2D eigenvalue weighted by molar-refractivity contribution is -0.143. The number of rotatable bonds is 6. The van der Waals surface area contributed by atoms with Crippen molar-refractivity contribution in [1.82, 2.24) is 14.3 Å². The number of benzene rings is 1. The second-order valence-corrected chi connectivity index (χ2v) is 7.12. The first-order valence-corrected chi connectivity index (χ1v) is 9.22. The fourth-order valence-corrected chi connectivity index (χ4v) is 3.36. The van der Waals surface area contributed by atoms with Crippen molar-refractivity contribution in [2.75, 3.05) is 6.61 Å². The van der Waals surface area contributed by atoms with Gasteiger partial charge in [-0.05, 0) is 58.9 Å². The molecule has 0 atom stereocenters. The monoisotopic (exact) mass is 379 g/mol. The Kier molecular flexibility index (Phi) is 5.49. The van der Waals surface area contributed by atoms with Gasteiger partial charge < -0.3 is 9.30 Å². The van der Waals surface area contributed by atoms with Gasteiger partial charge in [-0.15, -0.1) is 0 Å². The van der Waals surface area contributed by atoms with Crippen LogP contribution in [0.5, 0.6) is 0 Å². The Labute approximate surface area is 164 Å². The van der Waals surface area contributed by atoms with Crippen molar-refractivity contribution < 1.29 is 14.3 Å². The Hall–Kier alpha value is -3.15. The van der Waals surface area contributed by atoms with Crippen LogP contribution >= 0.6 is 0 Å². The fourth-order valence-electron chi connectivity index (χ4n) is 3.36. The normalized spacial score (nSPS) is 10.9. The minimum absolute atomic E-state index is 0.00462. The van der Waals surface area contributed by atoms with E-state index in [-0.39, 0.29) is 18.9 Å². The second kappa shape index (κ2) is 7.84. The molecule has 0 unspecified atom stereocenters. The van der Waals surface area contributed by atoms with E-state index >= 15 is 0 Å². The van der Waals surface area contributed by atoms with Gasteiger partial charge >= 0.3 is 5.97 Å². The molecule has 0 aliphatic rings. The third-order valence-corrected chi connectivity index (χ3v) is 4.77. The highest BCUT2D eigenvalue weighted by Gasteiger charge is 2.18. The van der Waals surface area contributed by atoms with Gasteiger partial charge in [0.15, 0.2) is 6.61 Å². The molecule has 0 saturated carbocycles. The zero-order chi connectivity index (χ0) is 20.4. The first-order chi connectivity index (χ1) is 13.3. The fraction of sp³-hybridized carbons (Fsp3) is 0.318. The summed E-state index contributed by atoms with van der Waals surface area (Å²) in [6.07, 6.45) is 0. The smallest absolute Gasteiger partial charge is 0.328 e. The number of Topliss-reactive ketones (excluding diaryl/α,β-unsaturated/α-hetero) is 1. The second-order valence-electron chi connectivity index (χ2n) is 7.12. The third kappa shape index (κ3) is 4.06. The van der Waals surface area contributed by atoms with Crippen LogP contribution in [-0.2, 0) is 16.1 Å². The number of carbonyl (C=O) groups excluding carboxylic acids is 2. The number of aryl methyl sites for hydroxylation is 4. The predicted octanol–water partition coefficient (Wildman–Crippen LogP) is 3.64. The predicted molar refractivity (Wildman–Crippen MR) is 107 cm³/mol. The molecule has 0 bridgehead atoms. The highest BCUT2D eigenvalue weighted by atomic mass is 16.5. The molecule has 2 heterocycles. The summed E-state index contributed by atoms with van der Waals surface area (Å²) in [5.41, 5.74) is 6.25. The van der Waals surface area contributed by atoms with Crippen LogP contribution in [0.2, 0.25) is 0 Å². The molecule has 0 aliphatic carbocycles. The lowest BCUT2D eigenvalue weighted by Crippen LogP contribution is -2.20. The molecule has 0 saturated heterocycles. The standard InChI is InChI=1S/C22H25N3O3/c1-14-6-8-19(9-7-14)25-17(4)11-20(18(25)5)21(26)13-28-22(27)12-24-16(3)10-15(2)23-24/h6-11H,12-13H2,1-5H3. The lowest BCUT2D eigenvalue weighted by atomic mass is 10.1. The summed E-state index contributed by atoms with van der Waals surface area (Å²) >= 11 is 0. The molecule has 2 aromatic heterocycles. The van der Waals surface area contributed by atoms with Crippen molar-refractivity contribution in [3.05, 3.63) is 70.3 Å². The van der Waals surface area contributed by atoms with Crippen molar-refractivity contribution in [3.63, 3.8) is 0 Å². The molecular formula is C22H25N3O3. The first-order valence-electron chi connectivity index (χ1n) is 9.22. The summed E-state index contributed by atoms with van der Waals surface area (Å²) in [5, 5.41) is 4.23. The van der Waals surface area contributed by atoms with Crippen LogP contribution in [0.4, 0.5) is 0 Å². The Morgan fingerprint density at radius 3 is 2.25 bits per heavy atom. The molecule has 0 aliphatic heterocycles. The van der Waals surface area contributed by atoms with Gasteiger partial charge in [-0.3, -0.25) is 14.3 Å². The van der Waals surface area contributed by atoms with Gasteiger partial charge in [0.25, 0.3) is 0 Å². The highest BCUT2D eigenvalue weighted by molar-refractivity contribution is 5.99. The summed E-state index contributed by atoms with van der Waals surface area (Å²) in [4.78, 5) is 24.7. The topological polar surface area (TPSA) is 66.1 Å². The van der Waals surface area contributed by atoms with E-state index < -0.39 is 5.97 Å². The van der Waals surface area contributed by atoms with E-state index in [9.17, 15) is 9.59 Å². The number of hydrogen-bond acceptors (Lipinski definition) is 4. The summed E-state index contributed by atoms with van der Waals surface area (Å²) in [5.74, 6) is -0.694. The Morgan fingerprint density at radius 1 is 0.964 bits per heavy atom. The van der Waals surface area contributed by atoms with Crippen LogP contribution in [0.15, 0.2) is 36.4 Å². The largest absolute Gasteiger partial charge is 0.456 e. The van der Waals surface area contributed by atoms with E-state index in [1.807, 2.05) is 75.6 Å². The minimum Gasteiger partial charge on any atom is -0.456 e. The average Bonchev–Trinajstić information content (AvgIpc) is 3.11. The molecule has 6 heteroatoms. The number of ether oxygens (including phenoxy) is 1. The third-order valence-electron chi connectivity index (χ3n) is 4.77. The zero-order valence-electron chi connectivity index (χ0n) is 16.9. The molecule has 0 fully saturated rings. The quantitative estimate of drug-likeness (QED) is 0.484. The average molecular weight is 379 g/mol. The molecule has 0 N–H and O–H groups in total. The molecule has 0 radical (unpaired) electrons. The summed E-state index contributed by atoms with van der Waals surface area (Å²) in [6, 6.07) is 11.9. The SMILES string of the molecule is Cc1ccc(-n2c(C)cc(C(=O)COC(=O)Cn3nc(C)cc3C)c2C)cc1. The Bertz CT molecular complexity index is 1030. The summed E-state index contributed by atoms with van der Waals surface area (Å²) in [6.45, 7) is 9.34. The molecule has 0 amide bonds. The van der Waals surface area contributed by atoms with E-state index in [1.165, 1.54) is 5.56 Å². The number of carbonyl (C=O) groups is 2. The van der Waals surface area contributed by atoms with Gasteiger partial charge in [-0.2, -0.15) is 5.10 Å². The molecule has 6 nitrogen and oxygen atoms in total. The molecule has 3 rings (SSSR count). The van der Waals surface area contributed by atoms with E-state index in [0.29, 0.717) is 5.56 Å². The zero-order valence-corrected chi connectivity index (χ0v) is 16.9. The van der Waals surface area contributed by atoms with Crippen LogP contribution in [-0.4, -0.2) is 32.7 Å². The van der Waals surface area contributed by atoms with E-state index in [4.69, 9.17) is 4.74 Å². The molecule has 28 heavy (non-hydrogen) atoms. The van der Waals surface area contributed by atoms with Gasteiger partial charge in [0, 0.05) is 28.3 Å². The van der Waals surface area contributed by atoms with Crippen molar-refractivity contribution in [3.8, 4) is 5.69 Å². The highest BCUT2D eigenvalue weighted by Crippen LogP contribution is 2.21. The van der Waals surface area contributed by atoms with Crippen LogP contribution < -0.4 is 0 Å². The summed E-state index contributed by atoms with van der Waals surface area (Å²) in [7, 11) is 0. The maximum absolute atomic E-state index is 12.6. The van der Waals surface area contributed by atoms with E-state index in [0.717, 1.165) is 28.5 Å². The molecule has 3 aromatic rings. The van der Waals surface area contributed by atoms with Gasteiger partial charge in [0.1, 0.15) is 6.54 Å². The number of esters is 1. The van der Waals surface area contributed by atoms with Crippen LogP contribution in [0.1, 0.15) is 38.7 Å². The number of nitrogens with zero attached hydrogens (tertiary/aromatic N) is 3. The van der Waals surface area contributed by atoms with Crippen molar-refractivity contribution >= 4 is 11.8 Å². The number of ketones is 1. The Balaban J connectivity index is 1.69. The molecule has 1 aromatic carbocycles. The Morgan fingerprint density at radius 2 is 1.64 bits per heavy atom. The maximum Gasteiger partial charge on any atom is 0.328 e. The first kappa shape index (κ1) is 19.6. The van der Waals surface area contributed by atoms with Crippen LogP contribution in [0.25, 0.3) is 5.69 Å². The number of aromatic nitrogens is 3.